The fourth-order valence-corrected chi connectivity index (χ4v) is 4.10. The van der Waals surface area contributed by atoms with Crippen LogP contribution in [0.2, 0.25) is 0 Å². The molecule has 0 bridgehead atoms. The molecule has 3 aromatic rings. The van der Waals surface area contributed by atoms with Gasteiger partial charge in [0, 0.05) is 11.1 Å². The third-order valence-electron chi connectivity index (χ3n) is 2.80. The van der Waals surface area contributed by atoms with Gasteiger partial charge in [0.1, 0.15) is 9.73 Å². The number of nitrogens with one attached hydrogen (secondary N) is 2. The highest BCUT2D eigenvalue weighted by Crippen LogP contribution is 2.25. The highest BCUT2D eigenvalue weighted by atomic mass is 32.2. The molecule has 0 aliphatic rings. The van der Waals surface area contributed by atoms with E-state index < -0.39 is 10.0 Å². The van der Waals surface area contributed by atoms with Crippen LogP contribution in [0.5, 0.6) is 0 Å². The van der Waals surface area contributed by atoms with E-state index in [4.69, 9.17) is 0 Å². The van der Waals surface area contributed by atoms with Crippen molar-refractivity contribution in [1.29, 1.82) is 0 Å². The first-order valence-electron chi connectivity index (χ1n) is 6.01. The standard InChI is InChI=1S/C12H12N4O2S2/c1-2-8-5-6-10(19-8)20(17,18)16-12-11-9(14-15-12)4-3-7-13-11/h3-7H,2H2,1H3,(H2,14,15,16). The van der Waals surface area contributed by atoms with Crippen LogP contribution in [-0.4, -0.2) is 23.6 Å². The van der Waals surface area contributed by atoms with Crippen molar-refractivity contribution in [2.75, 3.05) is 4.72 Å². The SMILES string of the molecule is CCc1ccc(S(=O)(=O)Nc2n[nH]c3cccnc23)s1. The molecule has 0 amide bonds. The van der Waals surface area contributed by atoms with Crippen molar-refractivity contribution in [2.24, 2.45) is 0 Å². The molecule has 0 unspecified atom stereocenters. The van der Waals surface area contributed by atoms with Crippen molar-refractivity contribution < 1.29 is 8.42 Å². The highest BCUT2D eigenvalue weighted by molar-refractivity contribution is 7.94. The smallest absolute Gasteiger partial charge is 0.272 e. The van der Waals surface area contributed by atoms with E-state index >= 15 is 0 Å². The van der Waals surface area contributed by atoms with Crippen LogP contribution in [0.1, 0.15) is 11.8 Å². The number of aromatic amines is 1. The second-order valence-electron chi connectivity index (χ2n) is 4.15. The van der Waals surface area contributed by atoms with Crippen LogP contribution < -0.4 is 4.72 Å². The lowest BCUT2D eigenvalue weighted by molar-refractivity contribution is 0.603. The molecule has 8 heteroatoms. The van der Waals surface area contributed by atoms with E-state index in [2.05, 4.69) is 19.9 Å². The van der Waals surface area contributed by atoms with Crippen LogP contribution in [0.15, 0.2) is 34.7 Å². The Labute approximate surface area is 119 Å². The topological polar surface area (TPSA) is 87.7 Å². The molecule has 0 aliphatic heterocycles. The molecule has 0 spiro atoms. The molecule has 0 radical (unpaired) electrons. The second kappa shape index (κ2) is 4.88. The summed E-state index contributed by atoms with van der Waals surface area (Å²) in [5.74, 6) is 0.215. The van der Waals surface area contributed by atoms with Gasteiger partial charge in [-0.3, -0.25) is 14.8 Å². The Kier molecular flexibility index (Phi) is 3.19. The number of H-pyrrole nitrogens is 1. The summed E-state index contributed by atoms with van der Waals surface area (Å²) in [5.41, 5.74) is 1.19. The van der Waals surface area contributed by atoms with E-state index in [1.54, 1.807) is 24.4 Å². The van der Waals surface area contributed by atoms with E-state index in [-0.39, 0.29) is 10.0 Å². The zero-order chi connectivity index (χ0) is 14.2. The second-order valence-corrected chi connectivity index (χ2v) is 7.23. The number of rotatable bonds is 4. The third kappa shape index (κ3) is 2.27. The number of fused-ring (bicyclic) bond motifs is 1. The summed E-state index contributed by atoms with van der Waals surface area (Å²) in [7, 11) is -3.62. The first-order chi connectivity index (χ1) is 9.60. The predicted octanol–water partition coefficient (Wildman–Crippen LogP) is 2.38. The number of nitrogens with zero attached hydrogens (tertiary/aromatic N) is 2. The highest BCUT2D eigenvalue weighted by Gasteiger charge is 2.19. The molecule has 0 aromatic carbocycles. The van der Waals surface area contributed by atoms with Crippen LogP contribution in [0.25, 0.3) is 11.0 Å². The Bertz CT molecular complexity index is 851. The van der Waals surface area contributed by atoms with Gasteiger partial charge in [0.25, 0.3) is 10.0 Å². The van der Waals surface area contributed by atoms with Crippen LogP contribution in [0.4, 0.5) is 5.82 Å². The third-order valence-corrected chi connectivity index (χ3v) is 5.86. The molecule has 3 aromatic heterocycles. The van der Waals surface area contributed by atoms with Crippen molar-refractivity contribution in [3.63, 3.8) is 0 Å². The molecular formula is C12H12N4O2S2. The van der Waals surface area contributed by atoms with Gasteiger partial charge in [0.2, 0.25) is 0 Å². The molecule has 6 nitrogen and oxygen atoms in total. The van der Waals surface area contributed by atoms with Gasteiger partial charge in [-0.2, -0.15) is 5.10 Å². The number of anilines is 1. The minimum Gasteiger partial charge on any atom is -0.274 e. The van der Waals surface area contributed by atoms with E-state index in [0.717, 1.165) is 11.3 Å². The maximum Gasteiger partial charge on any atom is 0.272 e. The molecule has 0 atom stereocenters. The quantitative estimate of drug-likeness (QED) is 0.774. The maximum absolute atomic E-state index is 12.3. The Hall–Kier alpha value is -1.93. The minimum atomic E-state index is -3.62. The predicted molar refractivity (Wildman–Crippen MR) is 78.4 cm³/mol. The number of thiophene rings is 1. The minimum absolute atomic E-state index is 0.215. The maximum atomic E-state index is 12.3. The normalized spacial score (nSPS) is 11.8. The van der Waals surface area contributed by atoms with E-state index in [1.165, 1.54) is 11.3 Å². The molecule has 0 fully saturated rings. The van der Waals surface area contributed by atoms with Gasteiger partial charge in [-0.1, -0.05) is 6.92 Å². The van der Waals surface area contributed by atoms with E-state index in [1.807, 2.05) is 13.0 Å². The Morgan fingerprint density at radius 1 is 1.35 bits per heavy atom. The largest absolute Gasteiger partial charge is 0.274 e. The van der Waals surface area contributed by atoms with Gasteiger partial charge in [0.05, 0.1) is 5.52 Å². The summed E-state index contributed by atoms with van der Waals surface area (Å²) in [4.78, 5) is 5.15. The van der Waals surface area contributed by atoms with Crippen molar-refractivity contribution in [1.82, 2.24) is 15.2 Å². The molecule has 20 heavy (non-hydrogen) atoms. The zero-order valence-electron chi connectivity index (χ0n) is 10.6. The van der Waals surface area contributed by atoms with E-state index in [0.29, 0.717) is 11.0 Å². The molecule has 104 valence electrons. The van der Waals surface area contributed by atoms with Crippen molar-refractivity contribution in [2.45, 2.75) is 17.6 Å². The summed E-state index contributed by atoms with van der Waals surface area (Å²) >= 11 is 1.26. The molecule has 0 aliphatic carbocycles. The first-order valence-corrected chi connectivity index (χ1v) is 8.31. The molecule has 3 rings (SSSR count). The van der Waals surface area contributed by atoms with Gasteiger partial charge in [-0.25, -0.2) is 8.42 Å². The molecule has 0 saturated heterocycles. The number of aromatic nitrogens is 3. The fourth-order valence-electron chi connectivity index (χ4n) is 1.79. The summed E-state index contributed by atoms with van der Waals surface area (Å²) in [6.45, 7) is 1.99. The monoisotopic (exact) mass is 308 g/mol. The number of aryl methyl sites for hydroxylation is 1. The average molecular weight is 308 g/mol. The Balaban J connectivity index is 1.97. The fraction of sp³-hybridized carbons (Fsp3) is 0.167. The summed E-state index contributed by atoms with van der Waals surface area (Å²) in [6, 6.07) is 6.97. The summed E-state index contributed by atoms with van der Waals surface area (Å²) < 4.78 is 27.3. The lowest BCUT2D eigenvalue weighted by Crippen LogP contribution is -2.12. The number of hydrogen-bond donors (Lipinski definition) is 2. The van der Waals surface area contributed by atoms with Gasteiger partial charge in [-0.15, -0.1) is 11.3 Å². The van der Waals surface area contributed by atoms with Gasteiger partial charge < -0.3 is 0 Å². The molecular weight excluding hydrogens is 296 g/mol. The van der Waals surface area contributed by atoms with Crippen molar-refractivity contribution in [3.05, 3.63) is 35.3 Å². The van der Waals surface area contributed by atoms with Crippen molar-refractivity contribution >= 4 is 38.2 Å². The number of pyridine rings is 1. The Morgan fingerprint density at radius 2 is 2.20 bits per heavy atom. The van der Waals surface area contributed by atoms with Gasteiger partial charge in [-0.05, 0) is 30.7 Å². The average Bonchev–Trinajstić information content (AvgIpc) is 3.06. The van der Waals surface area contributed by atoms with Crippen molar-refractivity contribution in [3.8, 4) is 0 Å². The first kappa shape index (κ1) is 13.1. The summed E-state index contributed by atoms with van der Waals surface area (Å²) in [6.07, 6.45) is 2.41. The lowest BCUT2D eigenvalue weighted by atomic mass is 10.4. The Morgan fingerprint density at radius 3 is 2.95 bits per heavy atom. The van der Waals surface area contributed by atoms with Crippen LogP contribution >= 0.6 is 11.3 Å². The van der Waals surface area contributed by atoms with Gasteiger partial charge in [0.15, 0.2) is 5.82 Å². The van der Waals surface area contributed by atoms with E-state index in [9.17, 15) is 8.42 Å². The molecule has 0 saturated carbocycles. The molecule has 3 heterocycles. The lowest BCUT2D eigenvalue weighted by Gasteiger charge is -2.02. The molecule has 2 N–H and O–H groups in total. The summed E-state index contributed by atoms with van der Waals surface area (Å²) in [5, 5.41) is 6.70. The van der Waals surface area contributed by atoms with Crippen LogP contribution in [0, 0.1) is 0 Å². The van der Waals surface area contributed by atoms with Gasteiger partial charge >= 0.3 is 0 Å². The van der Waals surface area contributed by atoms with Crippen LogP contribution in [0.3, 0.4) is 0 Å². The number of hydrogen-bond acceptors (Lipinski definition) is 5. The number of sulfonamides is 1. The zero-order valence-corrected chi connectivity index (χ0v) is 12.3. The van der Waals surface area contributed by atoms with Crippen LogP contribution in [-0.2, 0) is 16.4 Å².